The minimum Gasteiger partial charge on any atom is -0.464 e. The largest absolute Gasteiger partial charge is 0.464 e. The number of carbonyl (C=O) groups excluding carboxylic acids is 1. The lowest BCUT2D eigenvalue weighted by molar-refractivity contribution is 0.0593. The van der Waals surface area contributed by atoms with Crippen molar-refractivity contribution >= 4 is 17.5 Å². The summed E-state index contributed by atoms with van der Waals surface area (Å²) in [5, 5.41) is 16.9. The van der Waals surface area contributed by atoms with Crippen LogP contribution in [0, 0.1) is 0 Å². The Kier molecular flexibility index (Phi) is 2.77. The van der Waals surface area contributed by atoms with Crippen LogP contribution in [0.5, 0.6) is 0 Å². The van der Waals surface area contributed by atoms with Gasteiger partial charge in [0.2, 0.25) is 0 Å². The number of methoxy groups -OCH3 is 1. The number of aromatic nitrogens is 4. The van der Waals surface area contributed by atoms with E-state index in [1.165, 1.54) is 13.2 Å². The van der Waals surface area contributed by atoms with Gasteiger partial charge >= 0.3 is 5.97 Å². The Bertz CT molecular complexity index is 465. The molecule has 0 aromatic carbocycles. The van der Waals surface area contributed by atoms with Gasteiger partial charge < -0.3 is 10.1 Å². The molecular formula is C9H9N5O2. The number of nitrogens with zero attached hydrogens (tertiary/aromatic N) is 3. The molecule has 0 saturated heterocycles. The average molecular weight is 219 g/mol. The molecule has 2 heterocycles. The molecule has 7 nitrogen and oxygen atoms in total. The first-order valence-electron chi connectivity index (χ1n) is 4.47. The highest BCUT2D eigenvalue weighted by molar-refractivity contribution is 5.87. The molecule has 0 aliphatic carbocycles. The molecule has 0 unspecified atom stereocenters. The van der Waals surface area contributed by atoms with E-state index in [-0.39, 0.29) is 5.69 Å². The lowest BCUT2D eigenvalue weighted by atomic mass is 10.4. The van der Waals surface area contributed by atoms with Crippen LogP contribution in [-0.2, 0) is 4.74 Å². The van der Waals surface area contributed by atoms with Gasteiger partial charge in [0.15, 0.2) is 11.5 Å². The Labute approximate surface area is 90.8 Å². The third-order valence-corrected chi connectivity index (χ3v) is 1.83. The Balaban J connectivity index is 2.10. The minimum atomic E-state index is -0.512. The van der Waals surface area contributed by atoms with E-state index in [4.69, 9.17) is 0 Å². The van der Waals surface area contributed by atoms with Crippen LogP contribution in [0.4, 0.5) is 11.5 Å². The second-order valence-corrected chi connectivity index (χ2v) is 2.91. The fraction of sp³-hybridized carbons (Fsp3) is 0.111. The summed E-state index contributed by atoms with van der Waals surface area (Å²) in [5.41, 5.74) is 0.931. The van der Waals surface area contributed by atoms with Crippen molar-refractivity contribution in [1.82, 2.24) is 20.4 Å². The van der Waals surface area contributed by atoms with Crippen molar-refractivity contribution in [2.24, 2.45) is 0 Å². The average Bonchev–Trinajstić information content (AvgIpc) is 2.82. The van der Waals surface area contributed by atoms with Crippen LogP contribution in [0.2, 0.25) is 0 Å². The minimum absolute atomic E-state index is 0.167. The zero-order chi connectivity index (χ0) is 11.4. The van der Waals surface area contributed by atoms with Gasteiger partial charge in [-0.05, 0) is 12.1 Å². The molecule has 0 fully saturated rings. The molecule has 2 N–H and O–H groups in total. The van der Waals surface area contributed by atoms with E-state index in [1.54, 1.807) is 18.5 Å². The summed E-state index contributed by atoms with van der Waals surface area (Å²) in [6.07, 6.45) is 3.28. The lowest BCUT2D eigenvalue weighted by Gasteiger charge is -2.01. The Hall–Kier alpha value is -2.44. The van der Waals surface area contributed by atoms with Gasteiger partial charge in [0.25, 0.3) is 0 Å². The number of esters is 1. The monoisotopic (exact) mass is 219 g/mol. The highest BCUT2D eigenvalue weighted by atomic mass is 16.5. The number of hydrogen-bond donors (Lipinski definition) is 2. The van der Waals surface area contributed by atoms with Crippen molar-refractivity contribution in [3.8, 4) is 0 Å². The van der Waals surface area contributed by atoms with Gasteiger partial charge in [-0.25, -0.2) is 4.79 Å². The van der Waals surface area contributed by atoms with Crippen molar-refractivity contribution < 1.29 is 9.53 Å². The summed E-state index contributed by atoms with van der Waals surface area (Å²) in [6, 6.07) is 3.16. The molecule has 2 rings (SSSR count). The van der Waals surface area contributed by atoms with Gasteiger partial charge in [-0.1, -0.05) is 0 Å². The normalized spacial score (nSPS) is 9.81. The number of rotatable bonds is 3. The van der Waals surface area contributed by atoms with E-state index in [0.29, 0.717) is 5.82 Å². The molecule has 0 atom stereocenters. The summed E-state index contributed by atoms with van der Waals surface area (Å²) in [5.74, 6) is 0.0106. The van der Waals surface area contributed by atoms with Gasteiger partial charge in [-0.15, -0.1) is 10.2 Å². The quantitative estimate of drug-likeness (QED) is 0.739. The summed E-state index contributed by atoms with van der Waals surface area (Å²) in [7, 11) is 1.29. The van der Waals surface area contributed by atoms with E-state index in [1.807, 2.05) is 0 Å². The zero-order valence-corrected chi connectivity index (χ0v) is 8.47. The number of ether oxygens (including phenoxy) is 1. The number of anilines is 2. The van der Waals surface area contributed by atoms with E-state index in [2.05, 4.69) is 30.4 Å². The predicted molar refractivity (Wildman–Crippen MR) is 55.2 cm³/mol. The van der Waals surface area contributed by atoms with Gasteiger partial charge in [0.05, 0.1) is 19.0 Å². The molecule has 0 aliphatic heterocycles. The molecule has 0 bridgehead atoms. The SMILES string of the molecule is COC(=O)c1ccc(Nc2cn[nH]c2)nn1. The molecule has 0 saturated carbocycles. The summed E-state index contributed by atoms with van der Waals surface area (Å²) < 4.78 is 4.51. The van der Waals surface area contributed by atoms with Crippen LogP contribution in [0.3, 0.4) is 0 Å². The van der Waals surface area contributed by atoms with Gasteiger partial charge in [-0.3, -0.25) is 5.10 Å². The Morgan fingerprint density at radius 1 is 1.44 bits per heavy atom. The van der Waals surface area contributed by atoms with Gasteiger partial charge in [0, 0.05) is 6.20 Å². The predicted octanol–water partition coefficient (Wildman–Crippen LogP) is 0.730. The van der Waals surface area contributed by atoms with E-state index >= 15 is 0 Å². The topological polar surface area (TPSA) is 92.8 Å². The fourth-order valence-electron chi connectivity index (χ4n) is 1.08. The van der Waals surface area contributed by atoms with Crippen molar-refractivity contribution in [1.29, 1.82) is 0 Å². The second kappa shape index (κ2) is 4.39. The molecular weight excluding hydrogens is 210 g/mol. The second-order valence-electron chi connectivity index (χ2n) is 2.91. The van der Waals surface area contributed by atoms with Crippen LogP contribution < -0.4 is 5.32 Å². The highest BCUT2D eigenvalue weighted by Gasteiger charge is 2.07. The lowest BCUT2D eigenvalue weighted by Crippen LogP contribution is -2.06. The maximum atomic E-state index is 11.1. The van der Waals surface area contributed by atoms with Crippen LogP contribution >= 0.6 is 0 Å². The van der Waals surface area contributed by atoms with Crippen molar-refractivity contribution in [3.05, 3.63) is 30.2 Å². The third kappa shape index (κ3) is 2.14. The zero-order valence-electron chi connectivity index (χ0n) is 8.47. The van der Waals surface area contributed by atoms with Gasteiger partial charge in [-0.2, -0.15) is 5.10 Å². The molecule has 7 heteroatoms. The van der Waals surface area contributed by atoms with E-state index in [0.717, 1.165) is 5.69 Å². The molecule has 0 radical (unpaired) electrons. The van der Waals surface area contributed by atoms with Crippen molar-refractivity contribution in [2.75, 3.05) is 12.4 Å². The maximum absolute atomic E-state index is 11.1. The number of nitrogens with one attached hydrogen (secondary N) is 2. The fourth-order valence-corrected chi connectivity index (χ4v) is 1.08. The molecule has 2 aromatic heterocycles. The highest BCUT2D eigenvalue weighted by Crippen LogP contribution is 2.11. The number of carbonyl (C=O) groups is 1. The molecule has 0 amide bonds. The van der Waals surface area contributed by atoms with Crippen LogP contribution in [0.15, 0.2) is 24.5 Å². The molecule has 16 heavy (non-hydrogen) atoms. The van der Waals surface area contributed by atoms with Crippen LogP contribution in [0.25, 0.3) is 0 Å². The first-order chi connectivity index (χ1) is 7.79. The first kappa shape index (κ1) is 10.1. The van der Waals surface area contributed by atoms with Crippen molar-refractivity contribution in [3.63, 3.8) is 0 Å². The van der Waals surface area contributed by atoms with Crippen LogP contribution in [0.1, 0.15) is 10.5 Å². The number of H-pyrrole nitrogens is 1. The van der Waals surface area contributed by atoms with Crippen molar-refractivity contribution in [2.45, 2.75) is 0 Å². The molecule has 0 spiro atoms. The summed E-state index contributed by atoms with van der Waals surface area (Å²) in [6.45, 7) is 0. The molecule has 0 aliphatic rings. The standard InChI is InChI=1S/C9H9N5O2/c1-16-9(15)7-2-3-8(14-13-7)12-6-4-10-11-5-6/h2-5H,1H3,(H,10,11)(H,12,14). The van der Waals surface area contributed by atoms with E-state index < -0.39 is 5.97 Å². The number of aromatic amines is 1. The summed E-state index contributed by atoms with van der Waals surface area (Å²) in [4.78, 5) is 11.1. The maximum Gasteiger partial charge on any atom is 0.358 e. The summed E-state index contributed by atoms with van der Waals surface area (Å²) >= 11 is 0. The smallest absolute Gasteiger partial charge is 0.358 e. The van der Waals surface area contributed by atoms with E-state index in [9.17, 15) is 4.79 Å². The number of hydrogen-bond acceptors (Lipinski definition) is 6. The Morgan fingerprint density at radius 2 is 2.31 bits per heavy atom. The third-order valence-electron chi connectivity index (χ3n) is 1.83. The van der Waals surface area contributed by atoms with Crippen LogP contribution in [-0.4, -0.2) is 33.5 Å². The molecule has 82 valence electrons. The molecule has 2 aromatic rings. The van der Waals surface area contributed by atoms with Gasteiger partial charge in [0.1, 0.15) is 0 Å². The first-order valence-corrected chi connectivity index (χ1v) is 4.47. The Morgan fingerprint density at radius 3 is 2.88 bits per heavy atom.